The van der Waals surface area contributed by atoms with Gasteiger partial charge in [-0.3, -0.25) is 0 Å². The van der Waals surface area contributed by atoms with E-state index in [-0.39, 0.29) is 0 Å². The lowest BCUT2D eigenvalue weighted by atomic mass is 10.2. The monoisotopic (exact) mass is 414 g/mol. The predicted octanol–water partition coefficient (Wildman–Crippen LogP) is 3.54. The SMILES string of the molecule is N#Cc1ccc(Nc2cc(-c3nc(NC4CCNC4)c4sccc4n3)ccn2)nc1. The van der Waals surface area contributed by atoms with Crippen LogP contribution in [0.25, 0.3) is 21.6 Å². The summed E-state index contributed by atoms with van der Waals surface area (Å²) in [5.74, 6) is 2.77. The molecular weight excluding hydrogens is 396 g/mol. The maximum absolute atomic E-state index is 8.91. The average Bonchev–Trinajstić information content (AvgIpc) is 3.46. The van der Waals surface area contributed by atoms with Crippen molar-refractivity contribution in [3.8, 4) is 17.5 Å². The van der Waals surface area contributed by atoms with Crippen molar-refractivity contribution in [1.82, 2.24) is 25.3 Å². The average molecular weight is 414 g/mol. The molecule has 4 aromatic heterocycles. The minimum Gasteiger partial charge on any atom is -0.365 e. The second-order valence-electron chi connectivity index (χ2n) is 6.96. The van der Waals surface area contributed by atoms with Crippen LogP contribution in [0.1, 0.15) is 12.0 Å². The number of nitrogens with zero attached hydrogens (tertiary/aromatic N) is 5. The van der Waals surface area contributed by atoms with Crippen LogP contribution in [0.2, 0.25) is 0 Å². The van der Waals surface area contributed by atoms with Crippen LogP contribution in [-0.2, 0) is 0 Å². The molecule has 1 unspecified atom stereocenters. The van der Waals surface area contributed by atoms with Gasteiger partial charge in [0.1, 0.15) is 23.5 Å². The van der Waals surface area contributed by atoms with Crippen LogP contribution in [0.15, 0.2) is 48.1 Å². The summed E-state index contributed by atoms with van der Waals surface area (Å²) in [6.07, 6.45) is 4.32. The molecule has 1 fully saturated rings. The van der Waals surface area contributed by atoms with Crippen LogP contribution in [0.5, 0.6) is 0 Å². The molecule has 1 aliphatic rings. The van der Waals surface area contributed by atoms with Gasteiger partial charge in [-0.15, -0.1) is 11.3 Å². The van der Waals surface area contributed by atoms with Gasteiger partial charge in [0, 0.05) is 30.5 Å². The summed E-state index contributed by atoms with van der Waals surface area (Å²) in [6, 6.07) is 11.7. The molecule has 0 radical (unpaired) electrons. The fourth-order valence-electron chi connectivity index (χ4n) is 3.36. The highest BCUT2D eigenvalue weighted by atomic mass is 32.1. The molecule has 30 heavy (non-hydrogen) atoms. The molecule has 1 atom stereocenters. The summed E-state index contributed by atoms with van der Waals surface area (Å²) in [5, 5.41) is 21.1. The molecule has 8 nitrogen and oxygen atoms in total. The first-order valence-electron chi connectivity index (χ1n) is 9.60. The largest absolute Gasteiger partial charge is 0.365 e. The first-order valence-corrected chi connectivity index (χ1v) is 10.5. The lowest BCUT2D eigenvalue weighted by molar-refractivity contribution is 0.789. The smallest absolute Gasteiger partial charge is 0.162 e. The van der Waals surface area contributed by atoms with E-state index in [1.165, 1.54) is 6.20 Å². The van der Waals surface area contributed by atoms with Crippen molar-refractivity contribution >= 4 is 39.0 Å². The van der Waals surface area contributed by atoms with E-state index in [0.717, 1.165) is 41.1 Å². The third kappa shape index (κ3) is 3.78. The Balaban J connectivity index is 1.46. The predicted molar refractivity (Wildman–Crippen MR) is 118 cm³/mol. The van der Waals surface area contributed by atoms with Gasteiger partial charge in [-0.05, 0) is 48.7 Å². The van der Waals surface area contributed by atoms with Crippen molar-refractivity contribution in [2.45, 2.75) is 12.5 Å². The van der Waals surface area contributed by atoms with Gasteiger partial charge in [0.15, 0.2) is 5.82 Å². The molecule has 4 aromatic rings. The van der Waals surface area contributed by atoms with Crippen LogP contribution in [0.3, 0.4) is 0 Å². The molecule has 0 aromatic carbocycles. The van der Waals surface area contributed by atoms with E-state index in [1.807, 2.05) is 23.6 Å². The van der Waals surface area contributed by atoms with Crippen molar-refractivity contribution < 1.29 is 0 Å². The normalized spacial score (nSPS) is 15.8. The van der Waals surface area contributed by atoms with Gasteiger partial charge in [-0.2, -0.15) is 5.26 Å². The Morgan fingerprint density at radius 1 is 1.13 bits per heavy atom. The maximum Gasteiger partial charge on any atom is 0.162 e. The minimum atomic E-state index is 0.371. The zero-order chi connectivity index (χ0) is 20.3. The molecule has 148 valence electrons. The Morgan fingerprint density at radius 3 is 2.90 bits per heavy atom. The van der Waals surface area contributed by atoms with Gasteiger partial charge >= 0.3 is 0 Å². The van der Waals surface area contributed by atoms with Crippen molar-refractivity contribution in [3.05, 3.63) is 53.7 Å². The van der Waals surface area contributed by atoms with E-state index in [2.05, 4.69) is 32.0 Å². The van der Waals surface area contributed by atoms with Crippen LogP contribution < -0.4 is 16.0 Å². The van der Waals surface area contributed by atoms with Gasteiger partial charge < -0.3 is 16.0 Å². The van der Waals surface area contributed by atoms with Crippen LogP contribution in [-0.4, -0.2) is 39.1 Å². The molecule has 1 aliphatic heterocycles. The third-order valence-corrected chi connectivity index (χ3v) is 5.78. The first kappa shape index (κ1) is 18.4. The Kier molecular flexibility index (Phi) is 4.93. The number of hydrogen-bond acceptors (Lipinski definition) is 9. The molecule has 0 amide bonds. The molecule has 0 saturated carbocycles. The summed E-state index contributed by atoms with van der Waals surface area (Å²) < 4.78 is 1.07. The van der Waals surface area contributed by atoms with E-state index < -0.39 is 0 Å². The lowest BCUT2D eigenvalue weighted by Gasteiger charge is -2.14. The highest BCUT2D eigenvalue weighted by molar-refractivity contribution is 7.17. The number of anilines is 3. The molecule has 5 heterocycles. The minimum absolute atomic E-state index is 0.371. The number of nitrogens with one attached hydrogen (secondary N) is 3. The number of hydrogen-bond donors (Lipinski definition) is 3. The number of aromatic nitrogens is 4. The maximum atomic E-state index is 8.91. The second-order valence-corrected chi connectivity index (χ2v) is 7.88. The fraction of sp³-hybridized carbons (Fsp3) is 0.190. The summed E-state index contributed by atoms with van der Waals surface area (Å²) in [6.45, 7) is 1.96. The van der Waals surface area contributed by atoms with Gasteiger partial charge in [0.2, 0.25) is 0 Å². The number of fused-ring (bicyclic) bond motifs is 1. The van der Waals surface area contributed by atoms with Crippen LogP contribution >= 0.6 is 11.3 Å². The van der Waals surface area contributed by atoms with Crippen molar-refractivity contribution in [1.29, 1.82) is 5.26 Å². The molecule has 0 bridgehead atoms. The Bertz CT molecular complexity index is 1220. The molecule has 3 N–H and O–H groups in total. The van der Waals surface area contributed by atoms with Crippen LogP contribution in [0.4, 0.5) is 17.5 Å². The van der Waals surface area contributed by atoms with Crippen molar-refractivity contribution in [3.63, 3.8) is 0 Å². The Morgan fingerprint density at radius 2 is 2.10 bits per heavy atom. The zero-order valence-electron chi connectivity index (χ0n) is 16.0. The molecule has 9 heteroatoms. The summed E-state index contributed by atoms with van der Waals surface area (Å²) in [4.78, 5) is 18.2. The second kappa shape index (κ2) is 8.02. The highest BCUT2D eigenvalue weighted by Gasteiger charge is 2.18. The Hall–Kier alpha value is -3.61. The topological polar surface area (TPSA) is 111 Å². The van der Waals surface area contributed by atoms with Crippen molar-refractivity contribution in [2.24, 2.45) is 0 Å². The van der Waals surface area contributed by atoms with Gasteiger partial charge in [-0.25, -0.2) is 19.9 Å². The molecule has 0 aliphatic carbocycles. The first-order chi connectivity index (χ1) is 14.8. The fourth-order valence-corrected chi connectivity index (χ4v) is 4.15. The van der Waals surface area contributed by atoms with E-state index in [0.29, 0.717) is 29.1 Å². The van der Waals surface area contributed by atoms with Crippen LogP contribution in [0, 0.1) is 11.3 Å². The molecule has 1 saturated heterocycles. The lowest BCUT2D eigenvalue weighted by Crippen LogP contribution is -2.22. The number of nitriles is 1. The van der Waals surface area contributed by atoms with E-state index in [1.54, 1.807) is 29.7 Å². The van der Waals surface area contributed by atoms with Crippen molar-refractivity contribution in [2.75, 3.05) is 23.7 Å². The van der Waals surface area contributed by atoms with Gasteiger partial charge in [0.05, 0.1) is 15.8 Å². The standard InChI is InChI=1S/C21H18N8S/c22-10-13-1-2-17(25-11-13)28-18-9-14(3-7-24-18)20-27-16-5-8-30-19(16)21(29-20)26-15-4-6-23-12-15/h1-3,5,7-9,11,15,23H,4,6,12H2,(H,24,25,28)(H,26,27,29). The number of pyridine rings is 2. The summed E-state index contributed by atoms with van der Waals surface area (Å²) in [5.41, 5.74) is 2.30. The molecular formula is C21H18N8S. The molecule has 0 spiro atoms. The summed E-state index contributed by atoms with van der Waals surface area (Å²) >= 11 is 1.65. The molecule has 5 rings (SSSR count). The number of rotatable bonds is 5. The quantitative estimate of drug-likeness (QED) is 0.455. The zero-order valence-corrected chi connectivity index (χ0v) is 16.8. The number of thiophene rings is 1. The van der Waals surface area contributed by atoms with Gasteiger partial charge in [-0.1, -0.05) is 0 Å². The highest BCUT2D eigenvalue weighted by Crippen LogP contribution is 2.30. The van der Waals surface area contributed by atoms with E-state index in [4.69, 9.17) is 15.2 Å². The van der Waals surface area contributed by atoms with Gasteiger partial charge in [0.25, 0.3) is 0 Å². The third-order valence-electron chi connectivity index (χ3n) is 4.87. The van der Waals surface area contributed by atoms with E-state index in [9.17, 15) is 0 Å². The van der Waals surface area contributed by atoms with E-state index >= 15 is 0 Å². The summed E-state index contributed by atoms with van der Waals surface area (Å²) in [7, 11) is 0. The Labute approximate surface area is 177 Å².